The number of rotatable bonds is 7. The summed E-state index contributed by atoms with van der Waals surface area (Å²) in [5.41, 5.74) is -0.788. The van der Waals surface area contributed by atoms with Gasteiger partial charge in [0, 0.05) is 31.6 Å². The van der Waals surface area contributed by atoms with Crippen molar-refractivity contribution in [2.24, 2.45) is 0 Å². The minimum Gasteiger partial charge on any atom is -0.392 e. The van der Waals surface area contributed by atoms with Crippen molar-refractivity contribution >= 4 is 29.6 Å². The van der Waals surface area contributed by atoms with Gasteiger partial charge in [-0.15, -0.1) is 0 Å². The zero-order valence-electron chi connectivity index (χ0n) is 14.0. The summed E-state index contributed by atoms with van der Waals surface area (Å²) in [4.78, 5) is 8.02. The first-order valence-electron chi connectivity index (χ1n) is 7.51. The summed E-state index contributed by atoms with van der Waals surface area (Å²) in [5, 5.41) is 15.5. The van der Waals surface area contributed by atoms with E-state index in [1.54, 1.807) is 7.05 Å². The molecule has 0 aliphatic heterocycles. The van der Waals surface area contributed by atoms with Gasteiger partial charge in [0.05, 0.1) is 17.5 Å². The molecule has 0 amide bonds. The molecule has 0 spiro atoms. The van der Waals surface area contributed by atoms with Gasteiger partial charge in [-0.3, -0.25) is 0 Å². The Hall–Kier alpha value is -2.88. The third-order valence-corrected chi connectivity index (χ3v) is 3.55. The Balaban J connectivity index is 2.20. The summed E-state index contributed by atoms with van der Waals surface area (Å²) in [6.45, 7) is -0.268. The van der Waals surface area contributed by atoms with Gasteiger partial charge in [-0.1, -0.05) is 11.6 Å². The number of hydrogen-bond donors (Lipinski definition) is 4. The van der Waals surface area contributed by atoms with Crippen LogP contribution in [-0.2, 0) is 12.7 Å². The van der Waals surface area contributed by atoms with Gasteiger partial charge < -0.3 is 21.4 Å². The van der Waals surface area contributed by atoms with Crippen molar-refractivity contribution in [1.29, 1.82) is 5.41 Å². The van der Waals surface area contributed by atoms with Crippen LogP contribution in [0.3, 0.4) is 0 Å². The van der Waals surface area contributed by atoms with Crippen molar-refractivity contribution < 1.29 is 17.6 Å². The Kier molecular flexibility index (Phi) is 6.56. The molecule has 0 bridgehead atoms. The van der Waals surface area contributed by atoms with Crippen LogP contribution in [0.4, 0.5) is 29.3 Å². The summed E-state index contributed by atoms with van der Waals surface area (Å²) >= 11 is 5.98. The lowest BCUT2D eigenvalue weighted by molar-refractivity contribution is -0.137. The molecular weight excluding hydrogens is 388 g/mol. The number of nitrogens with one attached hydrogen (secondary N) is 4. The van der Waals surface area contributed by atoms with Gasteiger partial charge >= 0.3 is 6.18 Å². The van der Waals surface area contributed by atoms with Crippen molar-refractivity contribution in [3.63, 3.8) is 0 Å². The molecule has 11 heteroatoms. The lowest BCUT2D eigenvalue weighted by Crippen LogP contribution is -2.11. The summed E-state index contributed by atoms with van der Waals surface area (Å²) < 4.78 is 52.1. The first-order valence-corrected chi connectivity index (χ1v) is 7.89. The molecule has 4 N–H and O–H groups in total. The molecule has 0 atom stereocenters. The quantitative estimate of drug-likeness (QED) is 0.415. The first kappa shape index (κ1) is 20.4. The van der Waals surface area contributed by atoms with Crippen molar-refractivity contribution in [3.8, 4) is 0 Å². The van der Waals surface area contributed by atoms with Crippen LogP contribution in [0.2, 0.25) is 5.02 Å². The normalized spacial score (nSPS) is 11.9. The van der Waals surface area contributed by atoms with Gasteiger partial charge in [0.25, 0.3) is 0 Å². The molecule has 1 aromatic carbocycles. The van der Waals surface area contributed by atoms with Crippen LogP contribution >= 0.6 is 11.6 Å². The van der Waals surface area contributed by atoms with Crippen LogP contribution in [-0.4, -0.2) is 23.2 Å². The molecular formula is C16H15ClF4N6. The molecule has 0 saturated carbocycles. The predicted octanol–water partition coefficient (Wildman–Crippen LogP) is 4.02. The zero-order chi connectivity index (χ0) is 20.0. The van der Waals surface area contributed by atoms with E-state index in [1.165, 1.54) is 12.4 Å². The highest BCUT2D eigenvalue weighted by Gasteiger charge is 2.31. The largest absolute Gasteiger partial charge is 0.416 e. The predicted molar refractivity (Wildman–Crippen MR) is 95.3 cm³/mol. The Morgan fingerprint density at radius 3 is 2.70 bits per heavy atom. The second-order valence-corrected chi connectivity index (χ2v) is 5.61. The van der Waals surface area contributed by atoms with Crippen LogP contribution in [0.25, 0.3) is 0 Å². The van der Waals surface area contributed by atoms with Gasteiger partial charge in [-0.25, -0.2) is 9.37 Å². The maximum atomic E-state index is 13.8. The van der Waals surface area contributed by atoms with E-state index < -0.39 is 17.6 Å². The number of aromatic nitrogens is 2. The van der Waals surface area contributed by atoms with Crippen LogP contribution < -0.4 is 16.0 Å². The van der Waals surface area contributed by atoms with Gasteiger partial charge in [0.15, 0.2) is 5.82 Å². The zero-order valence-corrected chi connectivity index (χ0v) is 14.7. The number of hydrogen-bond acceptors (Lipinski definition) is 6. The summed E-state index contributed by atoms with van der Waals surface area (Å²) in [6.07, 6.45) is -0.784. The number of alkyl halides is 3. The van der Waals surface area contributed by atoms with Gasteiger partial charge in [-0.05, 0) is 18.2 Å². The minimum absolute atomic E-state index is 0.0939. The topological polar surface area (TPSA) is 85.7 Å². The molecule has 144 valence electrons. The van der Waals surface area contributed by atoms with Crippen LogP contribution in [0.15, 0.2) is 36.3 Å². The molecule has 2 rings (SSSR count). The van der Waals surface area contributed by atoms with E-state index in [4.69, 9.17) is 17.0 Å². The fourth-order valence-corrected chi connectivity index (χ4v) is 2.17. The standard InChI is InChI=1S/C16H15ClF4N6/c1-23-7-11(5-22)26-15-25-8-12(17)14(27-15)24-6-9-4-10(16(19,20)21)2-3-13(9)18/h2-5,7-8,22-23H,6H2,1H3,(H2,24,25,26,27)/b11-7+,22-5?. The monoisotopic (exact) mass is 402 g/mol. The minimum atomic E-state index is -4.57. The smallest absolute Gasteiger partial charge is 0.392 e. The second-order valence-electron chi connectivity index (χ2n) is 5.21. The maximum absolute atomic E-state index is 13.8. The fraction of sp³-hybridized carbons (Fsp3) is 0.188. The molecule has 0 aliphatic carbocycles. The van der Waals surface area contributed by atoms with E-state index in [2.05, 4.69) is 25.9 Å². The molecule has 1 heterocycles. The highest BCUT2D eigenvalue weighted by molar-refractivity contribution is 6.32. The molecule has 1 aromatic heterocycles. The van der Waals surface area contributed by atoms with E-state index in [9.17, 15) is 17.6 Å². The molecule has 2 aromatic rings. The SMILES string of the molecule is CN/C=C(\C=N)Nc1ncc(Cl)c(NCc2cc(C(F)(F)F)ccc2F)n1. The Bertz CT molecular complexity index is 853. The Morgan fingerprint density at radius 1 is 1.33 bits per heavy atom. The van der Waals surface area contributed by atoms with Crippen LogP contribution in [0, 0.1) is 11.2 Å². The molecule has 0 saturated heterocycles. The summed E-state index contributed by atoms with van der Waals surface area (Å²) in [7, 11) is 1.64. The number of allylic oxidation sites excluding steroid dienone is 1. The van der Waals surface area contributed by atoms with Crippen LogP contribution in [0.1, 0.15) is 11.1 Å². The second kappa shape index (κ2) is 8.67. The lowest BCUT2D eigenvalue weighted by atomic mass is 10.1. The molecule has 6 nitrogen and oxygen atoms in total. The molecule has 0 aliphatic rings. The van der Waals surface area contributed by atoms with E-state index in [-0.39, 0.29) is 28.9 Å². The number of anilines is 2. The van der Waals surface area contributed by atoms with Crippen molar-refractivity contribution in [2.75, 3.05) is 17.7 Å². The summed E-state index contributed by atoms with van der Waals surface area (Å²) in [6, 6.07) is 2.15. The number of nitrogens with zero attached hydrogens (tertiary/aromatic N) is 2. The van der Waals surface area contributed by atoms with E-state index in [1.807, 2.05) is 0 Å². The third-order valence-electron chi connectivity index (χ3n) is 3.27. The third kappa shape index (κ3) is 5.55. The maximum Gasteiger partial charge on any atom is 0.416 e. The highest BCUT2D eigenvalue weighted by atomic mass is 35.5. The van der Waals surface area contributed by atoms with E-state index in [0.717, 1.165) is 18.3 Å². The van der Waals surface area contributed by atoms with Gasteiger partial charge in [0.1, 0.15) is 10.8 Å². The molecule has 0 radical (unpaired) electrons. The van der Waals surface area contributed by atoms with Gasteiger partial charge in [0.2, 0.25) is 5.95 Å². The molecule has 0 fully saturated rings. The summed E-state index contributed by atoms with van der Waals surface area (Å²) in [5.74, 6) is -0.599. The van der Waals surface area contributed by atoms with E-state index in [0.29, 0.717) is 11.8 Å². The highest BCUT2D eigenvalue weighted by Crippen LogP contribution is 2.30. The number of halogens is 5. The van der Waals surface area contributed by atoms with E-state index >= 15 is 0 Å². The molecule has 0 unspecified atom stereocenters. The first-order chi connectivity index (χ1) is 12.7. The lowest BCUT2D eigenvalue weighted by Gasteiger charge is -2.12. The van der Waals surface area contributed by atoms with Crippen LogP contribution in [0.5, 0.6) is 0 Å². The van der Waals surface area contributed by atoms with Crippen molar-refractivity contribution in [3.05, 3.63) is 58.3 Å². The van der Waals surface area contributed by atoms with Crippen molar-refractivity contribution in [1.82, 2.24) is 15.3 Å². The Morgan fingerprint density at radius 2 is 2.07 bits per heavy atom. The fourth-order valence-electron chi connectivity index (χ4n) is 2.02. The number of benzene rings is 1. The van der Waals surface area contributed by atoms with Crippen molar-refractivity contribution in [2.45, 2.75) is 12.7 Å². The average molecular weight is 403 g/mol. The molecule has 27 heavy (non-hydrogen) atoms. The van der Waals surface area contributed by atoms with Gasteiger partial charge in [-0.2, -0.15) is 18.2 Å². The average Bonchev–Trinajstić information content (AvgIpc) is 2.61. The Labute approximate surface area is 157 Å².